The Balaban J connectivity index is 2.40. The largest absolute Gasteiger partial charge is 0.465 e. The number of hydrogen-bond donors (Lipinski definition) is 0. The highest BCUT2D eigenvalue weighted by Crippen LogP contribution is 2.31. The van der Waals surface area contributed by atoms with Crippen molar-refractivity contribution in [3.63, 3.8) is 0 Å². The number of rotatable bonds is 3. The Bertz CT molecular complexity index is 667. The maximum Gasteiger partial charge on any atom is 0.343 e. The first-order valence-corrected chi connectivity index (χ1v) is 6.01. The van der Waals surface area contributed by atoms with Crippen molar-refractivity contribution in [2.45, 2.75) is 0 Å². The first-order valence-electron chi connectivity index (χ1n) is 5.25. The minimum absolute atomic E-state index is 0.00273. The lowest BCUT2D eigenvalue weighted by atomic mass is 10.3. The molecule has 1 aromatic carbocycles. The van der Waals surface area contributed by atoms with Crippen molar-refractivity contribution in [1.82, 2.24) is 10.2 Å². The topological polar surface area (TPSA) is 61.3 Å². The number of hydrogen-bond acceptors (Lipinski definition) is 5. The molecule has 0 atom stereocenters. The van der Waals surface area contributed by atoms with Gasteiger partial charge in [-0.1, -0.05) is 23.2 Å². The molecule has 1 aromatic heterocycles. The molecule has 0 N–H and O–H groups in total. The van der Waals surface area contributed by atoms with Crippen LogP contribution < -0.4 is 4.74 Å². The monoisotopic (exact) mass is 316 g/mol. The van der Waals surface area contributed by atoms with E-state index in [2.05, 4.69) is 14.9 Å². The van der Waals surface area contributed by atoms with Gasteiger partial charge in [0.15, 0.2) is 5.15 Å². The van der Waals surface area contributed by atoms with Crippen molar-refractivity contribution in [2.24, 2.45) is 0 Å². The van der Waals surface area contributed by atoms with Crippen LogP contribution in [0.5, 0.6) is 11.6 Å². The number of halogens is 3. The van der Waals surface area contributed by atoms with Crippen molar-refractivity contribution in [3.8, 4) is 11.6 Å². The summed E-state index contributed by atoms with van der Waals surface area (Å²) in [5.41, 5.74) is -0.0205. The van der Waals surface area contributed by atoms with Crippen LogP contribution in [0.25, 0.3) is 0 Å². The van der Waals surface area contributed by atoms with E-state index in [0.717, 1.165) is 12.1 Å². The molecule has 20 heavy (non-hydrogen) atoms. The van der Waals surface area contributed by atoms with E-state index in [1.807, 2.05) is 0 Å². The molecule has 0 radical (unpaired) electrons. The van der Waals surface area contributed by atoms with Gasteiger partial charge in [0.25, 0.3) is 5.88 Å². The molecule has 0 fully saturated rings. The Morgan fingerprint density at radius 3 is 2.65 bits per heavy atom. The molecule has 104 valence electrons. The van der Waals surface area contributed by atoms with Crippen LogP contribution in [0, 0.1) is 5.82 Å². The maximum atomic E-state index is 12.9. The van der Waals surface area contributed by atoms with E-state index < -0.39 is 11.8 Å². The third-order valence-electron chi connectivity index (χ3n) is 2.24. The summed E-state index contributed by atoms with van der Waals surface area (Å²) in [5.74, 6) is -1.24. The predicted octanol–water partition coefficient (Wildman–Crippen LogP) is 3.50. The fourth-order valence-corrected chi connectivity index (χ4v) is 1.70. The minimum atomic E-state index is -0.699. The highest BCUT2D eigenvalue weighted by atomic mass is 35.5. The summed E-state index contributed by atoms with van der Waals surface area (Å²) >= 11 is 11.5. The van der Waals surface area contributed by atoms with Gasteiger partial charge in [0.1, 0.15) is 17.1 Å². The molecule has 0 bridgehead atoms. The summed E-state index contributed by atoms with van der Waals surface area (Å²) in [6.07, 6.45) is 0. The van der Waals surface area contributed by atoms with Crippen molar-refractivity contribution < 1.29 is 18.7 Å². The molecule has 2 rings (SSSR count). The van der Waals surface area contributed by atoms with Crippen LogP contribution in [-0.4, -0.2) is 23.3 Å². The number of nitrogens with zero attached hydrogens (tertiary/aromatic N) is 2. The van der Waals surface area contributed by atoms with Crippen LogP contribution in [0.4, 0.5) is 4.39 Å². The van der Waals surface area contributed by atoms with E-state index >= 15 is 0 Å². The molecule has 0 spiro atoms. The molecule has 0 unspecified atom stereocenters. The van der Waals surface area contributed by atoms with Gasteiger partial charge in [-0.25, -0.2) is 9.18 Å². The molecule has 0 aliphatic rings. The molecule has 0 amide bonds. The summed E-state index contributed by atoms with van der Waals surface area (Å²) in [4.78, 5) is 11.6. The zero-order chi connectivity index (χ0) is 14.7. The second-order valence-electron chi connectivity index (χ2n) is 3.55. The highest BCUT2D eigenvalue weighted by molar-refractivity contribution is 6.32. The summed E-state index contributed by atoms with van der Waals surface area (Å²) in [6, 6.07) is 4.77. The van der Waals surface area contributed by atoms with Crippen LogP contribution in [0.3, 0.4) is 0 Å². The number of aromatic nitrogens is 2. The Labute approximate surface area is 123 Å². The van der Waals surface area contributed by atoms with E-state index in [-0.39, 0.29) is 27.4 Å². The second-order valence-corrected chi connectivity index (χ2v) is 4.35. The Kier molecular flexibility index (Phi) is 4.36. The van der Waals surface area contributed by atoms with Crippen LogP contribution in [0.15, 0.2) is 24.3 Å². The fourth-order valence-electron chi connectivity index (χ4n) is 1.35. The van der Waals surface area contributed by atoms with Crippen molar-refractivity contribution >= 4 is 29.2 Å². The summed E-state index contributed by atoms with van der Waals surface area (Å²) in [5, 5.41) is 7.24. The lowest BCUT2D eigenvalue weighted by Gasteiger charge is -2.09. The second kappa shape index (κ2) is 6.02. The number of benzene rings is 1. The zero-order valence-electron chi connectivity index (χ0n) is 10.1. The van der Waals surface area contributed by atoms with Gasteiger partial charge in [0.2, 0.25) is 0 Å². The number of carbonyl (C=O) groups excluding carboxylic acids is 1. The molecule has 0 saturated carbocycles. The van der Waals surface area contributed by atoms with Crippen molar-refractivity contribution in [2.75, 3.05) is 7.11 Å². The van der Waals surface area contributed by atoms with E-state index in [9.17, 15) is 9.18 Å². The van der Waals surface area contributed by atoms with E-state index in [4.69, 9.17) is 27.9 Å². The normalized spacial score (nSPS) is 10.2. The molecule has 0 saturated heterocycles. The van der Waals surface area contributed by atoms with Gasteiger partial charge in [-0.05, 0) is 24.3 Å². The third-order valence-corrected chi connectivity index (χ3v) is 2.72. The smallest absolute Gasteiger partial charge is 0.343 e. The Morgan fingerprint density at radius 1 is 1.25 bits per heavy atom. The first kappa shape index (κ1) is 14.5. The van der Waals surface area contributed by atoms with Gasteiger partial charge >= 0.3 is 5.97 Å². The molecule has 2 aromatic rings. The summed E-state index contributed by atoms with van der Waals surface area (Å²) < 4.78 is 22.9. The van der Waals surface area contributed by atoms with Crippen LogP contribution in [-0.2, 0) is 4.74 Å². The molecule has 1 heterocycles. The lowest BCUT2D eigenvalue weighted by Crippen LogP contribution is -2.06. The van der Waals surface area contributed by atoms with Crippen LogP contribution in [0.2, 0.25) is 10.2 Å². The highest BCUT2D eigenvalue weighted by Gasteiger charge is 2.18. The average molecular weight is 317 g/mol. The third kappa shape index (κ3) is 3.15. The quantitative estimate of drug-likeness (QED) is 0.811. The molecule has 5 nitrogen and oxygen atoms in total. The summed E-state index contributed by atoms with van der Waals surface area (Å²) in [7, 11) is 1.20. The molecule has 8 heteroatoms. The van der Waals surface area contributed by atoms with Crippen molar-refractivity contribution in [3.05, 3.63) is 45.8 Å². The standard InChI is InChI=1S/C12H7Cl2FN2O3/c1-19-12(18)7-5-10(14)16-17-11(7)20-9-3-2-6(15)4-8(9)13/h2-5H,1H3. The molecular weight excluding hydrogens is 310 g/mol. The zero-order valence-corrected chi connectivity index (χ0v) is 11.6. The maximum absolute atomic E-state index is 12.9. The molecule has 0 aliphatic carbocycles. The number of ether oxygens (including phenoxy) is 2. The van der Waals surface area contributed by atoms with Gasteiger partial charge < -0.3 is 9.47 Å². The van der Waals surface area contributed by atoms with Gasteiger partial charge in [-0.15, -0.1) is 10.2 Å². The van der Waals surface area contributed by atoms with E-state index in [1.165, 1.54) is 19.2 Å². The van der Waals surface area contributed by atoms with Gasteiger partial charge in [0, 0.05) is 0 Å². The number of carbonyl (C=O) groups is 1. The predicted molar refractivity (Wildman–Crippen MR) is 69.9 cm³/mol. The fraction of sp³-hybridized carbons (Fsp3) is 0.0833. The number of methoxy groups -OCH3 is 1. The van der Waals surface area contributed by atoms with Crippen LogP contribution in [0.1, 0.15) is 10.4 Å². The van der Waals surface area contributed by atoms with Gasteiger partial charge in [0.05, 0.1) is 12.1 Å². The summed E-state index contributed by atoms with van der Waals surface area (Å²) in [6.45, 7) is 0. The van der Waals surface area contributed by atoms with E-state index in [0.29, 0.717) is 0 Å². The number of esters is 1. The minimum Gasteiger partial charge on any atom is -0.465 e. The molecular formula is C12H7Cl2FN2O3. The first-order chi connectivity index (χ1) is 9.51. The van der Waals surface area contributed by atoms with Crippen molar-refractivity contribution in [1.29, 1.82) is 0 Å². The lowest BCUT2D eigenvalue weighted by molar-refractivity contribution is 0.0596. The average Bonchev–Trinajstić information content (AvgIpc) is 2.42. The Hall–Kier alpha value is -1.92. The SMILES string of the molecule is COC(=O)c1cc(Cl)nnc1Oc1ccc(F)cc1Cl. The van der Waals surface area contributed by atoms with E-state index in [1.54, 1.807) is 0 Å². The van der Waals surface area contributed by atoms with Crippen LogP contribution >= 0.6 is 23.2 Å². The van der Waals surface area contributed by atoms with Gasteiger partial charge in [-0.2, -0.15) is 0 Å². The molecule has 0 aliphatic heterocycles. The van der Waals surface area contributed by atoms with Gasteiger partial charge in [-0.3, -0.25) is 0 Å². The Morgan fingerprint density at radius 2 is 2.00 bits per heavy atom.